The predicted molar refractivity (Wildman–Crippen MR) is 89.0 cm³/mol. The normalized spacial score (nSPS) is 24.0. The number of piperidine rings is 1. The Morgan fingerprint density at radius 2 is 1.50 bits per heavy atom. The van der Waals surface area contributed by atoms with Crippen molar-refractivity contribution in [1.82, 2.24) is 5.01 Å². The molecule has 114 valence electrons. The van der Waals surface area contributed by atoms with Gasteiger partial charge in [-0.05, 0) is 29.4 Å². The number of rotatable bonds is 3. The molecule has 1 aliphatic heterocycles. The van der Waals surface area contributed by atoms with Crippen LogP contribution in [0.15, 0.2) is 65.9 Å². The molecule has 3 nitrogen and oxygen atoms in total. The van der Waals surface area contributed by atoms with Gasteiger partial charge in [0, 0.05) is 0 Å². The van der Waals surface area contributed by atoms with Gasteiger partial charge in [0.05, 0.1) is 17.4 Å². The molecule has 0 N–H and O–H groups in total. The van der Waals surface area contributed by atoms with Gasteiger partial charge >= 0.3 is 0 Å². The van der Waals surface area contributed by atoms with Crippen LogP contribution in [-0.2, 0) is 0 Å². The molecular formula is C19H22N2O. The molecule has 0 spiro atoms. The highest BCUT2D eigenvalue weighted by Crippen LogP contribution is 2.51. The Hall–Kier alpha value is -2.16. The summed E-state index contributed by atoms with van der Waals surface area (Å²) in [5.74, 6) is 0. The van der Waals surface area contributed by atoms with E-state index in [9.17, 15) is 4.91 Å². The Labute approximate surface area is 131 Å². The molecule has 2 atom stereocenters. The molecule has 22 heavy (non-hydrogen) atoms. The van der Waals surface area contributed by atoms with E-state index in [2.05, 4.69) is 43.4 Å². The molecule has 0 saturated carbocycles. The van der Waals surface area contributed by atoms with Gasteiger partial charge in [0.25, 0.3) is 0 Å². The highest BCUT2D eigenvalue weighted by Gasteiger charge is 2.44. The van der Waals surface area contributed by atoms with Crippen LogP contribution in [0.1, 0.15) is 49.9 Å². The summed E-state index contributed by atoms with van der Waals surface area (Å²) < 4.78 is 0. The highest BCUT2D eigenvalue weighted by molar-refractivity contribution is 5.26. The molecule has 3 rings (SSSR count). The Morgan fingerprint density at radius 1 is 0.955 bits per heavy atom. The summed E-state index contributed by atoms with van der Waals surface area (Å²) in [6, 6.07) is 20.5. The van der Waals surface area contributed by atoms with Gasteiger partial charge in [0.15, 0.2) is 0 Å². The van der Waals surface area contributed by atoms with E-state index in [1.807, 2.05) is 36.4 Å². The fourth-order valence-corrected chi connectivity index (χ4v) is 3.65. The number of nitroso groups, excluding NO2 is 1. The minimum atomic E-state index is 0.00477. The molecule has 0 aliphatic carbocycles. The van der Waals surface area contributed by atoms with E-state index in [-0.39, 0.29) is 17.5 Å². The SMILES string of the molecule is CC1(C)CC[C@@H](c2ccccc2)N(N=O)[C@H]1c1ccccc1. The monoisotopic (exact) mass is 294 g/mol. The Morgan fingerprint density at radius 3 is 2.05 bits per heavy atom. The molecule has 2 aromatic rings. The first-order chi connectivity index (χ1) is 10.6. The first kappa shape index (κ1) is 14.8. The van der Waals surface area contributed by atoms with E-state index < -0.39 is 0 Å². The second-order valence-electron chi connectivity index (χ2n) is 6.73. The average molecular weight is 294 g/mol. The summed E-state index contributed by atoms with van der Waals surface area (Å²) in [7, 11) is 0. The summed E-state index contributed by atoms with van der Waals surface area (Å²) in [6.07, 6.45) is 2.02. The van der Waals surface area contributed by atoms with Crippen LogP contribution >= 0.6 is 0 Å². The molecule has 0 amide bonds. The maximum absolute atomic E-state index is 11.7. The van der Waals surface area contributed by atoms with Crippen molar-refractivity contribution in [3.05, 3.63) is 76.7 Å². The van der Waals surface area contributed by atoms with Gasteiger partial charge in [-0.15, -0.1) is 4.91 Å². The summed E-state index contributed by atoms with van der Waals surface area (Å²) in [6.45, 7) is 4.45. The fraction of sp³-hybridized carbons (Fsp3) is 0.368. The number of nitrogens with zero attached hydrogens (tertiary/aromatic N) is 2. The van der Waals surface area contributed by atoms with Crippen LogP contribution in [0.5, 0.6) is 0 Å². The van der Waals surface area contributed by atoms with Crippen LogP contribution in [0.4, 0.5) is 0 Å². The first-order valence-corrected chi connectivity index (χ1v) is 7.85. The van der Waals surface area contributed by atoms with Gasteiger partial charge in [0.2, 0.25) is 0 Å². The van der Waals surface area contributed by atoms with Crippen LogP contribution in [0.2, 0.25) is 0 Å². The zero-order valence-electron chi connectivity index (χ0n) is 13.1. The van der Waals surface area contributed by atoms with Crippen molar-refractivity contribution in [1.29, 1.82) is 0 Å². The third-order valence-corrected chi connectivity index (χ3v) is 4.78. The Kier molecular flexibility index (Phi) is 3.97. The van der Waals surface area contributed by atoms with Crippen LogP contribution < -0.4 is 0 Å². The van der Waals surface area contributed by atoms with E-state index in [0.717, 1.165) is 18.4 Å². The lowest BCUT2D eigenvalue weighted by atomic mass is 9.71. The van der Waals surface area contributed by atoms with Crippen molar-refractivity contribution in [3.63, 3.8) is 0 Å². The molecule has 3 heteroatoms. The van der Waals surface area contributed by atoms with Crippen molar-refractivity contribution in [2.45, 2.75) is 38.8 Å². The third-order valence-electron chi connectivity index (χ3n) is 4.78. The molecular weight excluding hydrogens is 272 g/mol. The number of benzene rings is 2. The lowest BCUT2D eigenvalue weighted by Gasteiger charge is -2.48. The molecule has 0 unspecified atom stereocenters. The second-order valence-corrected chi connectivity index (χ2v) is 6.73. The van der Waals surface area contributed by atoms with Crippen molar-refractivity contribution >= 4 is 0 Å². The third kappa shape index (κ3) is 2.63. The number of hydrogen-bond donors (Lipinski definition) is 0. The molecule has 1 aliphatic rings. The van der Waals surface area contributed by atoms with Crippen molar-refractivity contribution in [3.8, 4) is 0 Å². The highest BCUT2D eigenvalue weighted by atomic mass is 16.3. The quantitative estimate of drug-likeness (QED) is 0.722. The zero-order valence-corrected chi connectivity index (χ0v) is 13.1. The lowest BCUT2D eigenvalue weighted by molar-refractivity contribution is -0.00919. The van der Waals surface area contributed by atoms with Gasteiger partial charge in [-0.25, -0.2) is 5.01 Å². The topological polar surface area (TPSA) is 32.7 Å². The minimum Gasteiger partial charge on any atom is -0.245 e. The molecule has 1 heterocycles. The van der Waals surface area contributed by atoms with Crippen LogP contribution in [0.25, 0.3) is 0 Å². The van der Waals surface area contributed by atoms with E-state index in [4.69, 9.17) is 0 Å². The van der Waals surface area contributed by atoms with Crippen LogP contribution in [0.3, 0.4) is 0 Å². The molecule has 0 aromatic heterocycles. The zero-order chi connectivity index (χ0) is 15.6. The summed E-state index contributed by atoms with van der Waals surface area (Å²) in [5.41, 5.74) is 2.34. The standard InChI is InChI=1S/C19H22N2O/c1-19(2)14-13-17(15-9-5-3-6-10-15)21(20-22)18(19)16-11-7-4-8-12-16/h3-12,17-18H,13-14H2,1-2H3/t17-,18-/m0/s1. The maximum Gasteiger partial charge on any atom is 0.0810 e. The predicted octanol–water partition coefficient (Wildman–Crippen LogP) is 5.27. The molecule has 2 aromatic carbocycles. The Bertz CT molecular complexity index is 624. The van der Waals surface area contributed by atoms with Gasteiger partial charge in [0.1, 0.15) is 0 Å². The van der Waals surface area contributed by atoms with Crippen LogP contribution in [-0.4, -0.2) is 5.01 Å². The summed E-state index contributed by atoms with van der Waals surface area (Å²) in [5, 5.41) is 5.21. The first-order valence-electron chi connectivity index (χ1n) is 7.85. The smallest absolute Gasteiger partial charge is 0.0810 e. The molecule has 1 fully saturated rings. The maximum atomic E-state index is 11.7. The van der Waals surface area contributed by atoms with E-state index in [1.165, 1.54) is 5.56 Å². The van der Waals surface area contributed by atoms with Crippen molar-refractivity contribution in [2.75, 3.05) is 0 Å². The summed E-state index contributed by atoms with van der Waals surface area (Å²) >= 11 is 0. The lowest BCUT2D eigenvalue weighted by Crippen LogP contribution is -2.42. The molecule has 0 radical (unpaired) electrons. The van der Waals surface area contributed by atoms with Crippen molar-refractivity contribution < 1.29 is 0 Å². The van der Waals surface area contributed by atoms with E-state index in [1.54, 1.807) is 5.01 Å². The number of hydrogen-bond acceptors (Lipinski definition) is 2. The van der Waals surface area contributed by atoms with Gasteiger partial charge in [-0.3, -0.25) is 0 Å². The van der Waals surface area contributed by atoms with Gasteiger partial charge in [-0.2, -0.15) is 0 Å². The average Bonchev–Trinajstić information content (AvgIpc) is 2.55. The van der Waals surface area contributed by atoms with Gasteiger partial charge in [-0.1, -0.05) is 74.5 Å². The minimum absolute atomic E-state index is 0.00477. The van der Waals surface area contributed by atoms with Crippen LogP contribution in [0, 0.1) is 10.3 Å². The van der Waals surface area contributed by atoms with E-state index in [0.29, 0.717) is 0 Å². The molecule has 0 bridgehead atoms. The van der Waals surface area contributed by atoms with E-state index >= 15 is 0 Å². The fourth-order valence-electron chi connectivity index (χ4n) is 3.65. The van der Waals surface area contributed by atoms with Gasteiger partial charge < -0.3 is 0 Å². The summed E-state index contributed by atoms with van der Waals surface area (Å²) in [4.78, 5) is 11.7. The Balaban J connectivity index is 2.02. The largest absolute Gasteiger partial charge is 0.245 e. The second kappa shape index (κ2) is 5.91. The van der Waals surface area contributed by atoms with Crippen molar-refractivity contribution in [2.24, 2.45) is 10.7 Å². The molecule has 1 saturated heterocycles.